The summed E-state index contributed by atoms with van der Waals surface area (Å²) in [7, 11) is 3.28. The second-order valence-corrected chi connectivity index (χ2v) is 6.18. The van der Waals surface area contributed by atoms with E-state index in [0.29, 0.717) is 19.4 Å². The molecule has 3 rings (SSSR count). The van der Waals surface area contributed by atoms with Gasteiger partial charge in [0.15, 0.2) is 0 Å². The van der Waals surface area contributed by atoms with Gasteiger partial charge in [0.25, 0.3) is 5.91 Å². The van der Waals surface area contributed by atoms with Gasteiger partial charge in [-0.2, -0.15) is 0 Å². The highest BCUT2D eigenvalue weighted by molar-refractivity contribution is 5.86. The second-order valence-electron chi connectivity index (χ2n) is 6.18. The molecular formula is C19H24N2O3. The van der Waals surface area contributed by atoms with E-state index in [0.717, 1.165) is 35.2 Å². The maximum Gasteiger partial charge on any atom is 0.252 e. The minimum absolute atomic E-state index is 0.0265. The fraction of sp³-hybridized carbons (Fsp3) is 0.421. The fourth-order valence-electron chi connectivity index (χ4n) is 3.21. The van der Waals surface area contributed by atoms with Crippen molar-refractivity contribution in [2.45, 2.75) is 25.0 Å². The number of piperidine rings is 1. The molecule has 2 aromatic carbocycles. The number of hydrogen-bond donors (Lipinski definition) is 2. The molecule has 0 radical (unpaired) electrons. The van der Waals surface area contributed by atoms with E-state index in [1.54, 1.807) is 14.2 Å². The Bertz CT molecular complexity index is 724. The highest BCUT2D eigenvalue weighted by Gasteiger charge is 2.39. The Morgan fingerprint density at radius 3 is 2.54 bits per heavy atom. The van der Waals surface area contributed by atoms with Crippen molar-refractivity contribution in [1.82, 2.24) is 10.6 Å². The summed E-state index contributed by atoms with van der Waals surface area (Å²) in [5.74, 6) is 0.817. The standard InChI is InChI=1S/C19H24N2O3/c1-23-17-6-5-15-11-14(3-4-16(15)12-17)13-21-18(22)19(24-2)7-9-20-10-8-19/h3-6,11-12,20H,7-10,13H2,1-2H3,(H,21,22). The highest BCUT2D eigenvalue weighted by atomic mass is 16.5. The minimum Gasteiger partial charge on any atom is -0.497 e. The lowest BCUT2D eigenvalue weighted by molar-refractivity contribution is -0.146. The summed E-state index contributed by atoms with van der Waals surface area (Å²) in [5.41, 5.74) is 0.372. The molecule has 128 valence electrons. The first-order valence-corrected chi connectivity index (χ1v) is 8.28. The largest absolute Gasteiger partial charge is 0.497 e. The van der Waals surface area contributed by atoms with E-state index in [1.165, 1.54) is 0 Å². The zero-order valence-corrected chi connectivity index (χ0v) is 14.2. The smallest absolute Gasteiger partial charge is 0.252 e. The van der Waals surface area contributed by atoms with Crippen LogP contribution >= 0.6 is 0 Å². The molecule has 0 aromatic heterocycles. The molecule has 2 N–H and O–H groups in total. The first-order chi connectivity index (χ1) is 11.7. The number of carbonyl (C=O) groups is 1. The summed E-state index contributed by atoms with van der Waals surface area (Å²) in [6, 6.07) is 12.2. The number of rotatable bonds is 5. The van der Waals surface area contributed by atoms with Crippen LogP contribution in [-0.2, 0) is 16.1 Å². The number of benzene rings is 2. The topological polar surface area (TPSA) is 59.6 Å². The summed E-state index contributed by atoms with van der Waals surface area (Å²) in [5, 5.41) is 8.54. The van der Waals surface area contributed by atoms with Crippen molar-refractivity contribution in [1.29, 1.82) is 0 Å². The van der Waals surface area contributed by atoms with Crippen LogP contribution in [0.1, 0.15) is 18.4 Å². The molecule has 1 amide bonds. The zero-order valence-electron chi connectivity index (χ0n) is 14.2. The maximum atomic E-state index is 12.6. The Morgan fingerprint density at radius 2 is 1.83 bits per heavy atom. The van der Waals surface area contributed by atoms with Crippen molar-refractivity contribution in [3.63, 3.8) is 0 Å². The van der Waals surface area contributed by atoms with Crippen LogP contribution in [0, 0.1) is 0 Å². The number of carbonyl (C=O) groups excluding carboxylic acids is 1. The van der Waals surface area contributed by atoms with Crippen molar-refractivity contribution >= 4 is 16.7 Å². The number of fused-ring (bicyclic) bond motifs is 1. The fourth-order valence-corrected chi connectivity index (χ4v) is 3.21. The molecule has 1 aliphatic heterocycles. The maximum absolute atomic E-state index is 12.6. The average Bonchev–Trinajstić information content (AvgIpc) is 2.65. The van der Waals surface area contributed by atoms with E-state index in [-0.39, 0.29) is 5.91 Å². The number of hydrogen-bond acceptors (Lipinski definition) is 4. The molecule has 0 atom stereocenters. The SMILES string of the molecule is COc1ccc2cc(CNC(=O)C3(OC)CCNCC3)ccc2c1. The number of methoxy groups -OCH3 is 2. The van der Waals surface area contributed by atoms with Gasteiger partial charge in [-0.05, 0) is 60.5 Å². The van der Waals surface area contributed by atoms with Gasteiger partial charge in [-0.3, -0.25) is 4.79 Å². The lowest BCUT2D eigenvalue weighted by Gasteiger charge is -2.34. The van der Waals surface area contributed by atoms with Gasteiger partial charge >= 0.3 is 0 Å². The Balaban J connectivity index is 1.69. The van der Waals surface area contributed by atoms with Crippen LogP contribution in [0.2, 0.25) is 0 Å². The van der Waals surface area contributed by atoms with Gasteiger partial charge in [0, 0.05) is 13.7 Å². The van der Waals surface area contributed by atoms with Gasteiger partial charge in [-0.25, -0.2) is 0 Å². The van der Waals surface area contributed by atoms with E-state index < -0.39 is 5.60 Å². The van der Waals surface area contributed by atoms with E-state index in [4.69, 9.17) is 9.47 Å². The molecular weight excluding hydrogens is 304 g/mol. The van der Waals surface area contributed by atoms with Gasteiger partial charge in [-0.1, -0.05) is 18.2 Å². The van der Waals surface area contributed by atoms with Crippen LogP contribution in [0.3, 0.4) is 0 Å². The first kappa shape index (κ1) is 16.7. The van der Waals surface area contributed by atoms with Crippen molar-refractivity contribution in [2.24, 2.45) is 0 Å². The highest BCUT2D eigenvalue weighted by Crippen LogP contribution is 2.24. The first-order valence-electron chi connectivity index (χ1n) is 8.28. The number of amides is 1. The van der Waals surface area contributed by atoms with E-state index in [2.05, 4.69) is 22.8 Å². The molecule has 1 heterocycles. The summed E-state index contributed by atoms with van der Waals surface area (Å²) in [6.07, 6.45) is 1.40. The summed E-state index contributed by atoms with van der Waals surface area (Å²) < 4.78 is 10.8. The molecule has 0 spiro atoms. The zero-order chi connectivity index (χ0) is 17.0. The van der Waals surface area contributed by atoms with E-state index >= 15 is 0 Å². The van der Waals surface area contributed by atoms with Gasteiger partial charge in [0.2, 0.25) is 0 Å². The second kappa shape index (κ2) is 7.20. The van der Waals surface area contributed by atoms with Crippen LogP contribution < -0.4 is 15.4 Å². The summed E-state index contributed by atoms with van der Waals surface area (Å²) in [6.45, 7) is 2.11. The predicted octanol–water partition coefficient (Wildman–Crippen LogP) is 2.23. The summed E-state index contributed by atoms with van der Waals surface area (Å²) in [4.78, 5) is 12.6. The lowest BCUT2D eigenvalue weighted by Crippen LogP contribution is -2.53. The molecule has 24 heavy (non-hydrogen) atoms. The monoisotopic (exact) mass is 328 g/mol. The number of ether oxygens (including phenoxy) is 2. The third-order valence-corrected chi connectivity index (χ3v) is 4.78. The average molecular weight is 328 g/mol. The van der Waals surface area contributed by atoms with Gasteiger partial charge in [0.1, 0.15) is 11.4 Å². The predicted molar refractivity (Wildman–Crippen MR) is 94.2 cm³/mol. The Hall–Kier alpha value is -2.11. The summed E-state index contributed by atoms with van der Waals surface area (Å²) >= 11 is 0. The van der Waals surface area contributed by atoms with Crippen molar-refractivity contribution in [3.05, 3.63) is 42.0 Å². The van der Waals surface area contributed by atoms with Crippen molar-refractivity contribution < 1.29 is 14.3 Å². The molecule has 5 heteroatoms. The molecule has 0 unspecified atom stereocenters. The lowest BCUT2D eigenvalue weighted by atomic mass is 9.91. The Morgan fingerprint density at radius 1 is 1.12 bits per heavy atom. The minimum atomic E-state index is -0.699. The van der Waals surface area contributed by atoms with Crippen LogP contribution in [0.15, 0.2) is 36.4 Å². The van der Waals surface area contributed by atoms with E-state index in [9.17, 15) is 4.79 Å². The molecule has 5 nitrogen and oxygen atoms in total. The third-order valence-electron chi connectivity index (χ3n) is 4.78. The van der Waals surface area contributed by atoms with Crippen molar-refractivity contribution in [2.75, 3.05) is 27.3 Å². The molecule has 1 aliphatic rings. The Kier molecular flexibility index (Phi) is 5.02. The van der Waals surface area contributed by atoms with Crippen LogP contribution in [0.5, 0.6) is 5.75 Å². The number of nitrogens with one attached hydrogen (secondary N) is 2. The van der Waals surface area contributed by atoms with Gasteiger partial charge < -0.3 is 20.1 Å². The molecule has 0 aliphatic carbocycles. The molecule has 0 bridgehead atoms. The Labute approximate surface area is 142 Å². The molecule has 1 fully saturated rings. The third kappa shape index (κ3) is 3.37. The van der Waals surface area contributed by atoms with Crippen LogP contribution in [0.25, 0.3) is 10.8 Å². The van der Waals surface area contributed by atoms with Crippen LogP contribution in [0.4, 0.5) is 0 Å². The molecule has 2 aromatic rings. The molecule has 0 saturated carbocycles. The van der Waals surface area contributed by atoms with Crippen molar-refractivity contribution in [3.8, 4) is 5.75 Å². The quantitative estimate of drug-likeness (QED) is 0.884. The molecule has 1 saturated heterocycles. The van der Waals surface area contributed by atoms with Gasteiger partial charge in [0.05, 0.1) is 7.11 Å². The normalized spacial score (nSPS) is 16.8. The van der Waals surface area contributed by atoms with Gasteiger partial charge in [-0.15, -0.1) is 0 Å². The van der Waals surface area contributed by atoms with Crippen LogP contribution in [-0.4, -0.2) is 38.8 Å². The van der Waals surface area contributed by atoms with E-state index in [1.807, 2.05) is 24.3 Å².